The molecular weight excluding hydrogens is 301 g/mol. The number of nitrogens with zero attached hydrogens (tertiary/aromatic N) is 2. The average molecular weight is 318 g/mol. The van der Waals surface area contributed by atoms with Crippen molar-refractivity contribution in [2.24, 2.45) is 0 Å². The Morgan fingerprint density at radius 3 is 2.50 bits per heavy atom. The minimum absolute atomic E-state index is 0.0798. The van der Waals surface area contributed by atoms with Crippen LogP contribution in [0.25, 0.3) is 0 Å². The second-order valence-electron chi connectivity index (χ2n) is 6.00. The first kappa shape index (κ1) is 16.4. The average Bonchev–Trinajstić information content (AvgIpc) is 2.30. The number of halogens is 3. The van der Waals surface area contributed by atoms with Gasteiger partial charge in [-0.25, -0.2) is 4.79 Å². The summed E-state index contributed by atoms with van der Waals surface area (Å²) in [6, 6.07) is 2.20. The third-order valence-corrected chi connectivity index (χ3v) is 2.82. The van der Waals surface area contributed by atoms with E-state index in [9.17, 15) is 18.0 Å². The summed E-state index contributed by atoms with van der Waals surface area (Å²) in [6.45, 7) is 5.83. The first-order valence-corrected chi connectivity index (χ1v) is 6.72. The van der Waals surface area contributed by atoms with E-state index in [1.807, 2.05) is 0 Å². The number of ether oxygens (including phenoxy) is 2. The summed E-state index contributed by atoms with van der Waals surface area (Å²) < 4.78 is 48.2. The lowest BCUT2D eigenvalue weighted by molar-refractivity contribution is -0.141. The van der Waals surface area contributed by atoms with E-state index in [-0.39, 0.29) is 24.9 Å². The highest BCUT2D eigenvalue weighted by Crippen LogP contribution is 2.30. The van der Waals surface area contributed by atoms with Gasteiger partial charge in [-0.1, -0.05) is 0 Å². The molecule has 1 aromatic heterocycles. The molecule has 5 nitrogen and oxygen atoms in total. The lowest BCUT2D eigenvalue weighted by Crippen LogP contribution is -2.57. The summed E-state index contributed by atoms with van der Waals surface area (Å²) in [7, 11) is 0. The molecule has 0 N–H and O–H groups in total. The highest BCUT2D eigenvalue weighted by atomic mass is 19.4. The summed E-state index contributed by atoms with van der Waals surface area (Å²) in [4.78, 5) is 16.4. The van der Waals surface area contributed by atoms with Crippen LogP contribution in [0.4, 0.5) is 18.0 Å². The van der Waals surface area contributed by atoms with E-state index >= 15 is 0 Å². The molecule has 2 rings (SSSR count). The Kier molecular flexibility index (Phi) is 4.21. The predicted molar refractivity (Wildman–Crippen MR) is 71.5 cm³/mol. The predicted octanol–water partition coefficient (Wildman–Crippen LogP) is 3.10. The summed E-state index contributed by atoms with van der Waals surface area (Å²) in [6.07, 6.45) is -4.28. The zero-order chi connectivity index (χ0) is 16.5. The van der Waals surface area contributed by atoms with E-state index in [0.717, 1.165) is 12.3 Å². The van der Waals surface area contributed by atoms with Crippen LogP contribution >= 0.6 is 0 Å². The second kappa shape index (κ2) is 5.66. The summed E-state index contributed by atoms with van der Waals surface area (Å²) in [5, 5.41) is 0. The van der Waals surface area contributed by atoms with Crippen molar-refractivity contribution < 1.29 is 27.4 Å². The Morgan fingerprint density at radius 2 is 1.95 bits per heavy atom. The van der Waals surface area contributed by atoms with Crippen molar-refractivity contribution in [2.75, 3.05) is 13.1 Å². The number of amides is 1. The van der Waals surface area contributed by atoms with Crippen molar-refractivity contribution in [3.63, 3.8) is 0 Å². The number of carbonyl (C=O) groups is 1. The standard InChI is InChI=1S/C14H17F3N2O3/c1-13(2,3)22-12(20)19-7-10(8-19)21-9-4-5-18-11(6-9)14(15,16)17/h4-6,10H,7-8H2,1-3H3. The molecule has 0 spiro atoms. The minimum atomic E-state index is -4.51. The van der Waals surface area contributed by atoms with Gasteiger partial charge in [0.05, 0.1) is 13.1 Å². The van der Waals surface area contributed by atoms with Crippen molar-refractivity contribution in [3.05, 3.63) is 24.0 Å². The van der Waals surface area contributed by atoms with Gasteiger partial charge in [0.2, 0.25) is 0 Å². The molecule has 2 heterocycles. The molecule has 1 fully saturated rings. The SMILES string of the molecule is CC(C)(C)OC(=O)N1CC(Oc2ccnc(C(F)(F)F)c2)C1. The molecule has 0 aliphatic carbocycles. The van der Waals surface area contributed by atoms with Gasteiger partial charge in [0.1, 0.15) is 23.1 Å². The summed E-state index contributed by atoms with van der Waals surface area (Å²) in [5.41, 5.74) is -1.59. The van der Waals surface area contributed by atoms with Crippen LogP contribution in [0.15, 0.2) is 18.3 Å². The van der Waals surface area contributed by atoms with Gasteiger partial charge in [-0.05, 0) is 26.8 Å². The van der Waals surface area contributed by atoms with Gasteiger partial charge in [0.15, 0.2) is 0 Å². The smallest absolute Gasteiger partial charge is 0.433 e. The van der Waals surface area contributed by atoms with Gasteiger partial charge in [0, 0.05) is 12.3 Å². The van der Waals surface area contributed by atoms with E-state index in [2.05, 4.69) is 4.98 Å². The normalized spacial score (nSPS) is 16.2. The second-order valence-corrected chi connectivity index (χ2v) is 6.00. The van der Waals surface area contributed by atoms with Crippen molar-refractivity contribution in [2.45, 2.75) is 38.7 Å². The fourth-order valence-electron chi connectivity index (χ4n) is 1.82. The Labute approximate surface area is 126 Å². The number of hydrogen-bond acceptors (Lipinski definition) is 4. The maximum Gasteiger partial charge on any atom is 0.433 e. The van der Waals surface area contributed by atoms with E-state index in [1.165, 1.54) is 11.0 Å². The Hall–Kier alpha value is -1.99. The van der Waals surface area contributed by atoms with Gasteiger partial charge < -0.3 is 14.4 Å². The van der Waals surface area contributed by atoms with Crippen molar-refractivity contribution in [1.82, 2.24) is 9.88 Å². The first-order chi connectivity index (χ1) is 10.0. The largest absolute Gasteiger partial charge is 0.487 e. The monoisotopic (exact) mass is 318 g/mol. The quantitative estimate of drug-likeness (QED) is 0.841. The molecule has 1 amide bonds. The van der Waals surface area contributed by atoms with Gasteiger partial charge in [-0.3, -0.25) is 4.98 Å². The fourth-order valence-corrected chi connectivity index (χ4v) is 1.82. The molecular formula is C14H17F3N2O3. The molecule has 22 heavy (non-hydrogen) atoms. The molecule has 1 aliphatic rings. The van der Waals surface area contributed by atoms with Crippen LogP contribution in [-0.2, 0) is 10.9 Å². The number of pyridine rings is 1. The molecule has 0 unspecified atom stereocenters. The van der Waals surface area contributed by atoms with Gasteiger partial charge >= 0.3 is 12.3 Å². The number of rotatable bonds is 2. The van der Waals surface area contributed by atoms with Crippen LogP contribution in [0, 0.1) is 0 Å². The van der Waals surface area contributed by atoms with Crippen LogP contribution in [0.1, 0.15) is 26.5 Å². The molecule has 1 aromatic rings. The Balaban J connectivity index is 1.87. The van der Waals surface area contributed by atoms with Gasteiger partial charge in [-0.2, -0.15) is 13.2 Å². The number of alkyl halides is 3. The lowest BCUT2D eigenvalue weighted by Gasteiger charge is -2.39. The third kappa shape index (κ3) is 4.25. The molecule has 1 aliphatic heterocycles. The molecule has 8 heteroatoms. The number of aromatic nitrogens is 1. The number of likely N-dealkylation sites (tertiary alicyclic amines) is 1. The molecule has 122 valence electrons. The van der Waals surface area contributed by atoms with E-state index in [1.54, 1.807) is 20.8 Å². The summed E-state index contributed by atoms with van der Waals surface area (Å²) in [5.74, 6) is 0.0798. The van der Waals surface area contributed by atoms with E-state index in [4.69, 9.17) is 9.47 Å². The molecule has 0 bridgehead atoms. The fraction of sp³-hybridized carbons (Fsp3) is 0.571. The highest BCUT2D eigenvalue weighted by Gasteiger charge is 2.36. The van der Waals surface area contributed by atoms with Crippen LogP contribution in [0.5, 0.6) is 5.75 Å². The van der Waals surface area contributed by atoms with Crippen LogP contribution < -0.4 is 4.74 Å². The third-order valence-electron chi connectivity index (χ3n) is 2.82. The van der Waals surface area contributed by atoms with Crippen molar-refractivity contribution >= 4 is 6.09 Å². The lowest BCUT2D eigenvalue weighted by atomic mass is 10.1. The zero-order valence-corrected chi connectivity index (χ0v) is 12.5. The highest BCUT2D eigenvalue weighted by molar-refractivity contribution is 5.69. The summed E-state index contributed by atoms with van der Waals surface area (Å²) >= 11 is 0. The van der Waals surface area contributed by atoms with Crippen LogP contribution in [0.2, 0.25) is 0 Å². The van der Waals surface area contributed by atoms with Gasteiger partial charge in [0.25, 0.3) is 0 Å². The first-order valence-electron chi connectivity index (χ1n) is 6.72. The molecule has 1 saturated heterocycles. The number of carbonyl (C=O) groups excluding carboxylic acids is 1. The maximum atomic E-state index is 12.5. The Morgan fingerprint density at radius 1 is 1.32 bits per heavy atom. The maximum absolute atomic E-state index is 12.5. The molecule has 0 atom stereocenters. The van der Waals surface area contributed by atoms with Crippen molar-refractivity contribution in [1.29, 1.82) is 0 Å². The van der Waals surface area contributed by atoms with Crippen LogP contribution in [0.3, 0.4) is 0 Å². The van der Waals surface area contributed by atoms with E-state index < -0.39 is 23.6 Å². The topological polar surface area (TPSA) is 51.7 Å². The van der Waals surface area contributed by atoms with Gasteiger partial charge in [-0.15, -0.1) is 0 Å². The van der Waals surface area contributed by atoms with Crippen molar-refractivity contribution in [3.8, 4) is 5.75 Å². The van der Waals surface area contributed by atoms with E-state index in [0.29, 0.717) is 0 Å². The zero-order valence-electron chi connectivity index (χ0n) is 12.5. The molecule has 0 radical (unpaired) electrons. The van der Waals surface area contributed by atoms with Crippen LogP contribution in [-0.4, -0.2) is 40.8 Å². The minimum Gasteiger partial charge on any atom is -0.487 e. The molecule has 0 saturated carbocycles. The molecule has 0 aromatic carbocycles. The Bertz CT molecular complexity index is 549. The number of hydrogen-bond donors (Lipinski definition) is 0.